The molecule has 0 radical (unpaired) electrons. The van der Waals surface area contributed by atoms with E-state index in [1.165, 1.54) is 0 Å². The SMILES string of the molecule is CCCc1[nH]ncc1C(=O)N1CCC2(CCC(=O)N(CCN(C)C)C2)CC1. The molecule has 2 amide bonds. The van der Waals surface area contributed by atoms with Crippen LogP contribution in [0.3, 0.4) is 0 Å². The second kappa shape index (κ2) is 8.42. The van der Waals surface area contributed by atoms with E-state index in [4.69, 9.17) is 0 Å². The maximum Gasteiger partial charge on any atom is 0.257 e. The van der Waals surface area contributed by atoms with Crippen molar-refractivity contribution in [2.75, 3.05) is 46.8 Å². The molecule has 3 rings (SSSR count). The molecule has 2 aliphatic rings. The van der Waals surface area contributed by atoms with Crippen molar-refractivity contribution in [1.29, 1.82) is 0 Å². The molecule has 1 aromatic heterocycles. The van der Waals surface area contributed by atoms with Crippen molar-refractivity contribution in [3.05, 3.63) is 17.5 Å². The number of amides is 2. The van der Waals surface area contributed by atoms with Gasteiger partial charge < -0.3 is 14.7 Å². The van der Waals surface area contributed by atoms with Crippen molar-refractivity contribution in [3.63, 3.8) is 0 Å². The summed E-state index contributed by atoms with van der Waals surface area (Å²) in [6.45, 7) is 6.18. The number of nitrogens with zero attached hydrogens (tertiary/aromatic N) is 4. The first kappa shape index (κ1) is 19.9. The Balaban J connectivity index is 1.59. The quantitative estimate of drug-likeness (QED) is 0.822. The molecule has 7 heteroatoms. The van der Waals surface area contributed by atoms with Crippen LogP contribution >= 0.6 is 0 Å². The zero-order valence-corrected chi connectivity index (χ0v) is 17.0. The van der Waals surface area contributed by atoms with Crippen molar-refractivity contribution >= 4 is 11.8 Å². The number of aromatic amines is 1. The lowest BCUT2D eigenvalue weighted by Gasteiger charge is -2.47. The largest absolute Gasteiger partial charge is 0.341 e. The molecule has 0 unspecified atom stereocenters. The molecule has 0 bridgehead atoms. The molecule has 2 fully saturated rings. The first-order valence-electron chi connectivity index (χ1n) is 10.2. The second-order valence-corrected chi connectivity index (χ2v) is 8.42. The van der Waals surface area contributed by atoms with Gasteiger partial charge in [-0.05, 0) is 45.2 Å². The molecule has 3 heterocycles. The van der Waals surface area contributed by atoms with E-state index >= 15 is 0 Å². The number of carbonyl (C=O) groups is 2. The van der Waals surface area contributed by atoms with Crippen LogP contribution in [0.25, 0.3) is 0 Å². The fourth-order valence-electron chi connectivity index (χ4n) is 4.33. The number of carbonyl (C=O) groups excluding carboxylic acids is 2. The molecule has 1 spiro atoms. The Morgan fingerprint density at radius 1 is 1.30 bits per heavy atom. The normalized spacial score (nSPS) is 19.9. The summed E-state index contributed by atoms with van der Waals surface area (Å²) in [5.74, 6) is 0.377. The first-order valence-corrected chi connectivity index (χ1v) is 10.2. The third-order valence-corrected chi connectivity index (χ3v) is 6.13. The van der Waals surface area contributed by atoms with Crippen molar-refractivity contribution in [2.45, 2.75) is 45.4 Å². The van der Waals surface area contributed by atoms with Crippen molar-refractivity contribution in [1.82, 2.24) is 24.9 Å². The second-order valence-electron chi connectivity index (χ2n) is 8.42. The maximum atomic E-state index is 12.9. The Hall–Kier alpha value is -1.89. The van der Waals surface area contributed by atoms with Crippen LogP contribution in [0, 0.1) is 5.41 Å². The maximum absolute atomic E-state index is 12.9. The van der Waals surface area contributed by atoms with E-state index in [1.807, 2.05) is 23.9 Å². The summed E-state index contributed by atoms with van der Waals surface area (Å²) >= 11 is 0. The number of hydrogen-bond acceptors (Lipinski definition) is 4. The number of hydrogen-bond donors (Lipinski definition) is 1. The Bertz CT molecular complexity index is 661. The standard InChI is InChI=1S/C20H33N5O2/c1-4-5-17-16(14-21-22-17)19(27)24-10-8-20(9-11-24)7-6-18(26)25(15-20)13-12-23(2)3/h14H,4-13,15H2,1-3H3,(H,21,22). The van der Waals surface area contributed by atoms with E-state index in [-0.39, 0.29) is 17.2 Å². The number of H-pyrrole nitrogens is 1. The zero-order chi connectivity index (χ0) is 19.4. The fourth-order valence-corrected chi connectivity index (χ4v) is 4.33. The lowest BCUT2D eigenvalue weighted by Crippen LogP contribution is -2.53. The third-order valence-electron chi connectivity index (χ3n) is 6.13. The molecule has 0 aliphatic carbocycles. The molecular weight excluding hydrogens is 342 g/mol. The van der Waals surface area contributed by atoms with Crippen molar-refractivity contribution < 1.29 is 9.59 Å². The van der Waals surface area contributed by atoms with Gasteiger partial charge in [-0.3, -0.25) is 14.7 Å². The minimum Gasteiger partial charge on any atom is -0.341 e. The van der Waals surface area contributed by atoms with Crippen LogP contribution in [0.4, 0.5) is 0 Å². The summed E-state index contributed by atoms with van der Waals surface area (Å²) < 4.78 is 0. The molecule has 0 saturated carbocycles. The number of nitrogens with one attached hydrogen (secondary N) is 1. The average molecular weight is 376 g/mol. The van der Waals surface area contributed by atoms with Crippen LogP contribution in [0.2, 0.25) is 0 Å². The highest BCUT2D eigenvalue weighted by atomic mass is 16.2. The van der Waals surface area contributed by atoms with Gasteiger partial charge in [-0.25, -0.2) is 0 Å². The predicted molar refractivity (Wildman–Crippen MR) is 105 cm³/mol. The van der Waals surface area contributed by atoms with Gasteiger partial charge in [0.15, 0.2) is 0 Å². The summed E-state index contributed by atoms with van der Waals surface area (Å²) in [4.78, 5) is 31.3. The first-order chi connectivity index (χ1) is 12.9. The Morgan fingerprint density at radius 3 is 2.70 bits per heavy atom. The number of likely N-dealkylation sites (tertiary alicyclic amines) is 2. The van der Waals surface area contributed by atoms with E-state index in [1.54, 1.807) is 6.20 Å². The van der Waals surface area contributed by atoms with Gasteiger partial charge in [0.05, 0.1) is 11.8 Å². The van der Waals surface area contributed by atoms with Crippen molar-refractivity contribution in [3.8, 4) is 0 Å². The summed E-state index contributed by atoms with van der Waals surface area (Å²) in [6.07, 6.45) is 7.06. The Labute approximate surface area is 162 Å². The van der Waals surface area contributed by atoms with E-state index in [9.17, 15) is 9.59 Å². The lowest BCUT2D eigenvalue weighted by molar-refractivity contribution is -0.139. The lowest BCUT2D eigenvalue weighted by atomic mass is 9.72. The summed E-state index contributed by atoms with van der Waals surface area (Å²) in [5, 5.41) is 7.04. The van der Waals surface area contributed by atoms with Gasteiger partial charge in [0.1, 0.15) is 0 Å². The molecular formula is C20H33N5O2. The van der Waals surface area contributed by atoms with Gasteiger partial charge in [-0.1, -0.05) is 13.3 Å². The molecule has 2 saturated heterocycles. The highest BCUT2D eigenvalue weighted by Crippen LogP contribution is 2.40. The van der Waals surface area contributed by atoms with Crippen LogP contribution in [0.5, 0.6) is 0 Å². The van der Waals surface area contributed by atoms with Gasteiger partial charge in [0.25, 0.3) is 5.91 Å². The van der Waals surface area contributed by atoms with Crippen LogP contribution in [-0.2, 0) is 11.2 Å². The average Bonchev–Trinajstić information content (AvgIpc) is 3.11. The van der Waals surface area contributed by atoms with E-state index in [0.717, 1.165) is 76.1 Å². The van der Waals surface area contributed by atoms with Crippen LogP contribution in [-0.4, -0.2) is 83.5 Å². The minimum absolute atomic E-state index is 0.0957. The number of aryl methyl sites for hydroxylation is 1. The van der Waals surface area contributed by atoms with E-state index in [0.29, 0.717) is 6.42 Å². The highest BCUT2D eigenvalue weighted by molar-refractivity contribution is 5.95. The monoisotopic (exact) mass is 375 g/mol. The molecule has 27 heavy (non-hydrogen) atoms. The molecule has 1 N–H and O–H groups in total. The van der Waals surface area contributed by atoms with E-state index < -0.39 is 0 Å². The molecule has 0 atom stereocenters. The summed E-state index contributed by atoms with van der Waals surface area (Å²) in [6, 6.07) is 0. The predicted octanol–water partition coefficient (Wildman–Crippen LogP) is 1.77. The molecule has 1 aromatic rings. The molecule has 150 valence electrons. The smallest absolute Gasteiger partial charge is 0.257 e. The fraction of sp³-hybridized carbons (Fsp3) is 0.750. The number of piperidine rings is 2. The van der Waals surface area contributed by atoms with Gasteiger partial charge >= 0.3 is 0 Å². The topological polar surface area (TPSA) is 72.5 Å². The third kappa shape index (κ3) is 4.51. The molecule has 2 aliphatic heterocycles. The minimum atomic E-state index is 0.0957. The number of likely N-dealkylation sites (N-methyl/N-ethyl adjacent to an activating group) is 1. The highest BCUT2D eigenvalue weighted by Gasteiger charge is 2.41. The summed E-state index contributed by atoms with van der Waals surface area (Å²) in [7, 11) is 4.08. The van der Waals surface area contributed by atoms with Crippen LogP contribution in [0.15, 0.2) is 6.20 Å². The van der Waals surface area contributed by atoms with Gasteiger partial charge in [0, 0.05) is 44.8 Å². The zero-order valence-electron chi connectivity index (χ0n) is 17.0. The molecule has 0 aromatic carbocycles. The van der Waals surface area contributed by atoms with Crippen molar-refractivity contribution in [2.24, 2.45) is 5.41 Å². The summed E-state index contributed by atoms with van der Waals surface area (Å²) in [5.41, 5.74) is 1.85. The number of rotatable bonds is 6. The van der Waals surface area contributed by atoms with Crippen LogP contribution in [0.1, 0.15) is 55.1 Å². The number of aromatic nitrogens is 2. The Kier molecular flexibility index (Phi) is 6.19. The Morgan fingerprint density at radius 2 is 2.04 bits per heavy atom. The molecule has 7 nitrogen and oxygen atoms in total. The van der Waals surface area contributed by atoms with E-state index in [2.05, 4.69) is 22.0 Å². The van der Waals surface area contributed by atoms with Gasteiger partial charge in [0.2, 0.25) is 5.91 Å². The van der Waals surface area contributed by atoms with Crippen LogP contribution < -0.4 is 0 Å². The van der Waals surface area contributed by atoms with Gasteiger partial charge in [-0.15, -0.1) is 0 Å². The van der Waals surface area contributed by atoms with Gasteiger partial charge in [-0.2, -0.15) is 5.10 Å².